The van der Waals surface area contributed by atoms with Gasteiger partial charge in [0.2, 0.25) is 10.0 Å². The number of hydrogen-bond acceptors (Lipinski definition) is 5. The standard InChI is InChI=1S/C17H25N3O3S/c1-12-15(13(2)23-19-12)11-18-10-14-8-6-7-9-16(14)24(21,22)20-17(3,4)5/h6-9,18,20H,10-11H2,1-5H3. The van der Waals surface area contributed by atoms with Crippen molar-refractivity contribution in [3.8, 4) is 0 Å². The fourth-order valence-corrected chi connectivity index (χ4v) is 4.11. The van der Waals surface area contributed by atoms with E-state index in [4.69, 9.17) is 4.52 Å². The van der Waals surface area contributed by atoms with E-state index in [2.05, 4.69) is 15.2 Å². The van der Waals surface area contributed by atoms with Gasteiger partial charge in [-0.1, -0.05) is 23.4 Å². The normalized spacial score (nSPS) is 12.5. The Morgan fingerprint density at radius 2 is 1.79 bits per heavy atom. The molecule has 0 aliphatic heterocycles. The molecular formula is C17H25N3O3S. The molecule has 1 aromatic carbocycles. The van der Waals surface area contributed by atoms with Crippen LogP contribution in [0.2, 0.25) is 0 Å². The second-order valence-electron chi connectivity index (χ2n) is 6.87. The maximum absolute atomic E-state index is 12.6. The van der Waals surface area contributed by atoms with Crippen LogP contribution in [0.25, 0.3) is 0 Å². The zero-order chi connectivity index (χ0) is 18.0. The first-order chi connectivity index (χ1) is 11.1. The van der Waals surface area contributed by atoms with E-state index in [1.54, 1.807) is 12.1 Å². The molecule has 1 aromatic heterocycles. The van der Waals surface area contributed by atoms with Crippen molar-refractivity contribution in [2.75, 3.05) is 0 Å². The van der Waals surface area contributed by atoms with E-state index in [0.29, 0.717) is 18.0 Å². The number of benzene rings is 1. The minimum Gasteiger partial charge on any atom is -0.361 e. The van der Waals surface area contributed by atoms with Crippen LogP contribution in [0, 0.1) is 13.8 Å². The van der Waals surface area contributed by atoms with E-state index < -0.39 is 15.6 Å². The molecule has 0 aliphatic carbocycles. The SMILES string of the molecule is Cc1noc(C)c1CNCc1ccccc1S(=O)(=O)NC(C)(C)C. The zero-order valence-corrected chi connectivity index (χ0v) is 15.6. The molecule has 0 bridgehead atoms. The highest BCUT2D eigenvalue weighted by atomic mass is 32.2. The molecule has 0 unspecified atom stereocenters. The summed E-state index contributed by atoms with van der Waals surface area (Å²) in [6, 6.07) is 7.01. The van der Waals surface area contributed by atoms with Gasteiger partial charge in [-0.25, -0.2) is 13.1 Å². The summed E-state index contributed by atoms with van der Waals surface area (Å²) < 4.78 is 33.0. The lowest BCUT2D eigenvalue weighted by molar-refractivity contribution is 0.392. The van der Waals surface area contributed by atoms with Gasteiger partial charge in [0.05, 0.1) is 10.6 Å². The summed E-state index contributed by atoms with van der Waals surface area (Å²) >= 11 is 0. The predicted octanol–water partition coefficient (Wildman–Crippen LogP) is 2.66. The summed E-state index contributed by atoms with van der Waals surface area (Å²) in [5, 5.41) is 7.19. The molecule has 2 aromatic rings. The molecule has 0 aliphatic rings. The monoisotopic (exact) mass is 351 g/mol. The molecule has 0 fully saturated rings. The van der Waals surface area contributed by atoms with E-state index in [1.165, 1.54) is 0 Å². The molecule has 2 rings (SSSR count). The molecule has 132 valence electrons. The predicted molar refractivity (Wildman–Crippen MR) is 93.0 cm³/mol. The van der Waals surface area contributed by atoms with Crippen molar-refractivity contribution in [1.82, 2.24) is 15.2 Å². The fraction of sp³-hybridized carbons (Fsp3) is 0.471. The molecule has 0 radical (unpaired) electrons. The smallest absolute Gasteiger partial charge is 0.241 e. The van der Waals surface area contributed by atoms with Crippen molar-refractivity contribution < 1.29 is 12.9 Å². The van der Waals surface area contributed by atoms with E-state index in [-0.39, 0.29) is 0 Å². The van der Waals surface area contributed by atoms with Crippen LogP contribution in [-0.4, -0.2) is 19.1 Å². The average Bonchev–Trinajstić information content (AvgIpc) is 2.77. The maximum Gasteiger partial charge on any atom is 0.241 e. The minimum atomic E-state index is -3.57. The van der Waals surface area contributed by atoms with Crippen LogP contribution in [0.15, 0.2) is 33.7 Å². The van der Waals surface area contributed by atoms with Crippen molar-refractivity contribution in [2.45, 2.75) is 58.1 Å². The Bertz CT molecular complexity index is 785. The molecule has 6 nitrogen and oxygen atoms in total. The molecule has 24 heavy (non-hydrogen) atoms. The minimum absolute atomic E-state index is 0.297. The van der Waals surface area contributed by atoms with Crippen LogP contribution in [-0.2, 0) is 23.1 Å². The second-order valence-corrected chi connectivity index (χ2v) is 8.52. The molecule has 2 N–H and O–H groups in total. The first-order valence-corrected chi connectivity index (χ1v) is 9.33. The Morgan fingerprint density at radius 3 is 2.38 bits per heavy atom. The fourth-order valence-electron chi connectivity index (χ4n) is 2.45. The lowest BCUT2D eigenvalue weighted by Crippen LogP contribution is -2.40. The van der Waals surface area contributed by atoms with Gasteiger partial charge in [-0.3, -0.25) is 0 Å². The maximum atomic E-state index is 12.6. The van der Waals surface area contributed by atoms with Gasteiger partial charge in [0.15, 0.2) is 0 Å². The summed E-state index contributed by atoms with van der Waals surface area (Å²) in [6.07, 6.45) is 0. The summed E-state index contributed by atoms with van der Waals surface area (Å²) in [6.45, 7) is 10.2. The molecule has 0 saturated carbocycles. The molecule has 0 atom stereocenters. The van der Waals surface area contributed by atoms with Gasteiger partial charge in [0.25, 0.3) is 0 Å². The first kappa shape index (κ1) is 18.6. The number of hydrogen-bond donors (Lipinski definition) is 2. The number of sulfonamides is 1. The highest BCUT2D eigenvalue weighted by Crippen LogP contribution is 2.18. The lowest BCUT2D eigenvalue weighted by atomic mass is 10.1. The molecule has 1 heterocycles. The highest BCUT2D eigenvalue weighted by Gasteiger charge is 2.24. The molecule has 0 spiro atoms. The Balaban J connectivity index is 2.15. The topological polar surface area (TPSA) is 84.2 Å². The Labute approximate surface area is 143 Å². The van der Waals surface area contributed by atoms with E-state index in [9.17, 15) is 8.42 Å². The summed E-state index contributed by atoms with van der Waals surface area (Å²) in [5.41, 5.74) is 2.04. The van der Waals surface area contributed by atoms with Crippen LogP contribution in [0.4, 0.5) is 0 Å². The molecule has 7 heteroatoms. The van der Waals surface area contributed by atoms with Crippen molar-refractivity contribution in [3.05, 3.63) is 46.8 Å². The van der Waals surface area contributed by atoms with Gasteiger partial charge in [0.1, 0.15) is 5.76 Å². The van der Waals surface area contributed by atoms with Gasteiger partial charge >= 0.3 is 0 Å². The highest BCUT2D eigenvalue weighted by molar-refractivity contribution is 7.89. The zero-order valence-electron chi connectivity index (χ0n) is 14.8. The van der Waals surface area contributed by atoms with Crippen molar-refractivity contribution in [1.29, 1.82) is 0 Å². The Morgan fingerprint density at radius 1 is 1.12 bits per heavy atom. The third-order valence-electron chi connectivity index (χ3n) is 3.50. The van der Waals surface area contributed by atoms with Crippen LogP contribution >= 0.6 is 0 Å². The lowest BCUT2D eigenvalue weighted by Gasteiger charge is -2.21. The molecule has 0 amide bonds. The van der Waals surface area contributed by atoms with E-state index in [1.807, 2.05) is 46.8 Å². The van der Waals surface area contributed by atoms with Crippen molar-refractivity contribution >= 4 is 10.0 Å². The van der Waals surface area contributed by atoms with Crippen molar-refractivity contribution in [3.63, 3.8) is 0 Å². The second kappa shape index (κ2) is 7.04. The van der Waals surface area contributed by atoms with Gasteiger partial charge in [-0.05, 0) is 46.2 Å². The Hall–Kier alpha value is -1.70. The number of aryl methyl sites for hydroxylation is 2. The summed E-state index contributed by atoms with van der Waals surface area (Å²) in [4.78, 5) is 0.297. The summed E-state index contributed by atoms with van der Waals surface area (Å²) in [5.74, 6) is 0.773. The van der Waals surface area contributed by atoms with Crippen LogP contribution < -0.4 is 10.0 Å². The number of aromatic nitrogens is 1. The van der Waals surface area contributed by atoms with Crippen molar-refractivity contribution in [2.24, 2.45) is 0 Å². The summed E-state index contributed by atoms with van der Waals surface area (Å²) in [7, 11) is -3.57. The molecular weight excluding hydrogens is 326 g/mol. The number of nitrogens with zero attached hydrogens (tertiary/aromatic N) is 1. The van der Waals surface area contributed by atoms with Gasteiger partial charge < -0.3 is 9.84 Å². The van der Waals surface area contributed by atoms with Crippen LogP contribution in [0.5, 0.6) is 0 Å². The van der Waals surface area contributed by atoms with E-state index in [0.717, 1.165) is 22.6 Å². The Kier molecular flexibility index (Phi) is 5.47. The van der Waals surface area contributed by atoms with E-state index >= 15 is 0 Å². The average molecular weight is 351 g/mol. The number of rotatable bonds is 6. The van der Waals surface area contributed by atoms with Gasteiger partial charge in [-0.15, -0.1) is 0 Å². The quantitative estimate of drug-likeness (QED) is 0.836. The number of nitrogens with one attached hydrogen (secondary N) is 2. The van der Waals surface area contributed by atoms with Crippen LogP contribution in [0.1, 0.15) is 43.4 Å². The molecule has 0 saturated heterocycles. The van der Waals surface area contributed by atoms with Gasteiger partial charge in [0, 0.05) is 24.2 Å². The first-order valence-electron chi connectivity index (χ1n) is 7.84. The van der Waals surface area contributed by atoms with Gasteiger partial charge in [-0.2, -0.15) is 0 Å². The largest absolute Gasteiger partial charge is 0.361 e. The van der Waals surface area contributed by atoms with Crippen LogP contribution in [0.3, 0.4) is 0 Å². The third kappa shape index (κ3) is 4.66. The third-order valence-corrected chi connectivity index (χ3v) is 5.36.